The summed E-state index contributed by atoms with van der Waals surface area (Å²) in [6.07, 6.45) is 3.92. The standard InChI is InChI=1S/C11H12N4O4/c16-6-13-8-3-4-12-10(14-8)9(11(17)18)15-19-5-7-1-2-7/h3-4,6-7H,1-2,5H2,(H,17,18)(H,12,13,14,16). The fourth-order valence-electron chi connectivity index (χ4n) is 1.28. The zero-order valence-electron chi connectivity index (χ0n) is 9.94. The van der Waals surface area contributed by atoms with Gasteiger partial charge in [-0.15, -0.1) is 0 Å². The van der Waals surface area contributed by atoms with Crippen LogP contribution >= 0.6 is 0 Å². The van der Waals surface area contributed by atoms with Crippen LogP contribution in [0.1, 0.15) is 18.7 Å². The van der Waals surface area contributed by atoms with Crippen molar-refractivity contribution in [2.24, 2.45) is 11.1 Å². The van der Waals surface area contributed by atoms with Crippen molar-refractivity contribution in [3.63, 3.8) is 0 Å². The number of hydrogen-bond acceptors (Lipinski definition) is 6. The number of aliphatic carboxylic acids is 1. The van der Waals surface area contributed by atoms with Gasteiger partial charge in [-0.2, -0.15) is 0 Å². The van der Waals surface area contributed by atoms with Crippen molar-refractivity contribution in [2.75, 3.05) is 11.9 Å². The Kier molecular flexibility index (Phi) is 4.01. The maximum Gasteiger partial charge on any atom is 0.361 e. The number of nitrogens with zero attached hydrogens (tertiary/aromatic N) is 3. The van der Waals surface area contributed by atoms with Crippen molar-refractivity contribution in [1.29, 1.82) is 0 Å². The maximum atomic E-state index is 11.1. The summed E-state index contributed by atoms with van der Waals surface area (Å²) in [5.41, 5.74) is -0.393. The van der Waals surface area contributed by atoms with Gasteiger partial charge in [0.2, 0.25) is 12.1 Å². The third-order valence-corrected chi connectivity index (χ3v) is 2.44. The van der Waals surface area contributed by atoms with Gasteiger partial charge in [-0.3, -0.25) is 4.79 Å². The van der Waals surface area contributed by atoms with Gasteiger partial charge in [0.25, 0.3) is 0 Å². The van der Waals surface area contributed by atoms with Gasteiger partial charge in [-0.1, -0.05) is 5.16 Å². The van der Waals surface area contributed by atoms with Gasteiger partial charge in [-0.05, 0) is 24.8 Å². The minimum absolute atomic E-state index is 0.116. The Morgan fingerprint density at radius 3 is 3.05 bits per heavy atom. The summed E-state index contributed by atoms with van der Waals surface area (Å²) in [6, 6.07) is 1.43. The molecule has 0 aliphatic heterocycles. The number of hydrogen-bond donors (Lipinski definition) is 2. The molecule has 8 heteroatoms. The number of nitrogens with one attached hydrogen (secondary N) is 1. The van der Waals surface area contributed by atoms with Crippen LogP contribution in [0, 0.1) is 5.92 Å². The van der Waals surface area contributed by atoms with Gasteiger partial charge in [0, 0.05) is 6.20 Å². The van der Waals surface area contributed by atoms with E-state index < -0.39 is 11.7 Å². The summed E-state index contributed by atoms with van der Waals surface area (Å²) in [6.45, 7) is 0.392. The minimum Gasteiger partial charge on any atom is -0.476 e. The van der Waals surface area contributed by atoms with Crippen LogP contribution in [0.25, 0.3) is 0 Å². The summed E-state index contributed by atoms with van der Waals surface area (Å²) in [5.74, 6) is -0.756. The van der Waals surface area contributed by atoms with Crippen molar-refractivity contribution in [3.05, 3.63) is 18.1 Å². The SMILES string of the molecule is O=CNc1ccnc(C(=NOCC2CC2)C(=O)O)n1. The fraction of sp³-hybridized carbons (Fsp3) is 0.364. The van der Waals surface area contributed by atoms with Crippen LogP contribution < -0.4 is 5.32 Å². The minimum atomic E-state index is -1.29. The zero-order valence-corrected chi connectivity index (χ0v) is 9.94. The van der Waals surface area contributed by atoms with E-state index in [2.05, 4.69) is 20.4 Å². The molecule has 19 heavy (non-hydrogen) atoms. The molecule has 0 spiro atoms. The molecule has 1 aromatic rings. The summed E-state index contributed by atoms with van der Waals surface area (Å²) >= 11 is 0. The van der Waals surface area contributed by atoms with Crippen LogP contribution in [0.15, 0.2) is 17.4 Å². The molecule has 0 aromatic carbocycles. The van der Waals surface area contributed by atoms with Crippen LogP contribution in [-0.2, 0) is 14.4 Å². The van der Waals surface area contributed by atoms with Gasteiger partial charge in [0.05, 0.1) is 0 Å². The lowest BCUT2D eigenvalue weighted by molar-refractivity contribution is -0.129. The number of amides is 1. The smallest absolute Gasteiger partial charge is 0.361 e. The Hall–Kier alpha value is -2.51. The van der Waals surface area contributed by atoms with Crippen molar-refractivity contribution < 1.29 is 19.5 Å². The molecule has 0 radical (unpaired) electrons. The second-order valence-corrected chi connectivity index (χ2v) is 4.01. The normalized spacial score (nSPS) is 14.8. The van der Waals surface area contributed by atoms with E-state index in [4.69, 9.17) is 9.94 Å². The Morgan fingerprint density at radius 2 is 2.42 bits per heavy atom. The molecular weight excluding hydrogens is 252 g/mol. The topological polar surface area (TPSA) is 114 Å². The highest BCUT2D eigenvalue weighted by molar-refractivity contribution is 6.41. The van der Waals surface area contributed by atoms with Crippen molar-refractivity contribution in [2.45, 2.75) is 12.8 Å². The molecule has 1 aromatic heterocycles. The highest BCUT2D eigenvalue weighted by Gasteiger charge is 2.23. The van der Waals surface area contributed by atoms with Gasteiger partial charge < -0.3 is 15.3 Å². The molecule has 100 valence electrons. The zero-order chi connectivity index (χ0) is 13.7. The van der Waals surface area contributed by atoms with E-state index in [1.165, 1.54) is 12.3 Å². The second-order valence-electron chi connectivity index (χ2n) is 4.01. The Balaban J connectivity index is 2.14. The first-order chi connectivity index (χ1) is 9.20. The molecule has 0 saturated heterocycles. The second kappa shape index (κ2) is 5.89. The van der Waals surface area contributed by atoms with E-state index in [0.29, 0.717) is 18.9 Å². The first kappa shape index (κ1) is 12.9. The average Bonchev–Trinajstić information content (AvgIpc) is 3.19. The van der Waals surface area contributed by atoms with E-state index in [1.807, 2.05) is 0 Å². The van der Waals surface area contributed by atoms with Crippen LogP contribution in [0.5, 0.6) is 0 Å². The highest BCUT2D eigenvalue weighted by atomic mass is 16.6. The predicted molar refractivity (Wildman–Crippen MR) is 64.6 cm³/mol. The van der Waals surface area contributed by atoms with Gasteiger partial charge in [-0.25, -0.2) is 14.8 Å². The summed E-state index contributed by atoms with van der Waals surface area (Å²) in [5, 5.41) is 14.9. The summed E-state index contributed by atoms with van der Waals surface area (Å²) in [4.78, 5) is 34.0. The van der Waals surface area contributed by atoms with Crippen molar-refractivity contribution in [3.8, 4) is 0 Å². The van der Waals surface area contributed by atoms with E-state index in [1.54, 1.807) is 0 Å². The summed E-state index contributed by atoms with van der Waals surface area (Å²) in [7, 11) is 0. The number of rotatable bonds is 7. The van der Waals surface area contributed by atoms with E-state index in [-0.39, 0.29) is 11.6 Å². The first-order valence-electron chi connectivity index (χ1n) is 5.67. The number of carbonyl (C=O) groups excluding carboxylic acids is 1. The number of carboxylic acid groups (broad SMARTS) is 1. The lowest BCUT2D eigenvalue weighted by Gasteiger charge is -2.03. The monoisotopic (exact) mass is 264 g/mol. The Morgan fingerprint density at radius 1 is 1.63 bits per heavy atom. The molecule has 8 nitrogen and oxygen atoms in total. The van der Waals surface area contributed by atoms with E-state index in [0.717, 1.165) is 12.8 Å². The summed E-state index contributed by atoms with van der Waals surface area (Å²) < 4.78 is 0. The Labute approximate surface area is 108 Å². The van der Waals surface area contributed by atoms with Crippen LogP contribution in [0.4, 0.5) is 5.82 Å². The molecule has 1 aliphatic carbocycles. The molecule has 0 bridgehead atoms. The lowest BCUT2D eigenvalue weighted by atomic mass is 10.3. The number of carboxylic acids is 1. The highest BCUT2D eigenvalue weighted by Crippen LogP contribution is 2.28. The molecule has 1 heterocycles. The van der Waals surface area contributed by atoms with Crippen molar-refractivity contribution in [1.82, 2.24) is 9.97 Å². The van der Waals surface area contributed by atoms with Crippen LogP contribution in [-0.4, -0.2) is 39.8 Å². The van der Waals surface area contributed by atoms with Gasteiger partial charge in [0.15, 0.2) is 5.82 Å². The number of anilines is 1. The number of carbonyl (C=O) groups is 2. The number of aromatic nitrogens is 2. The third kappa shape index (κ3) is 3.73. The average molecular weight is 264 g/mol. The first-order valence-corrected chi connectivity index (χ1v) is 5.67. The van der Waals surface area contributed by atoms with Crippen molar-refractivity contribution >= 4 is 23.9 Å². The molecule has 2 N–H and O–H groups in total. The predicted octanol–water partition coefficient (Wildman–Crippen LogP) is 0.260. The molecule has 1 saturated carbocycles. The van der Waals surface area contributed by atoms with Gasteiger partial charge >= 0.3 is 5.97 Å². The molecule has 0 unspecified atom stereocenters. The van der Waals surface area contributed by atoms with Crippen LogP contribution in [0.2, 0.25) is 0 Å². The number of oxime groups is 1. The molecule has 0 atom stereocenters. The largest absolute Gasteiger partial charge is 0.476 e. The Bertz CT molecular complexity index is 513. The quantitative estimate of drug-likeness (QED) is 0.415. The molecule has 1 amide bonds. The van der Waals surface area contributed by atoms with Gasteiger partial charge in [0.1, 0.15) is 12.4 Å². The lowest BCUT2D eigenvalue weighted by Crippen LogP contribution is -2.19. The molecular formula is C11H12N4O4. The van der Waals surface area contributed by atoms with Crippen LogP contribution in [0.3, 0.4) is 0 Å². The molecule has 1 fully saturated rings. The third-order valence-electron chi connectivity index (χ3n) is 2.44. The molecule has 2 rings (SSSR count). The fourth-order valence-corrected chi connectivity index (χ4v) is 1.28. The van der Waals surface area contributed by atoms with E-state index >= 15 is 0 Å². The van der Waals surface area contributed by atoms with E-state index in [9.17, 15) is 9.59 Å². The maximum absolute atomic E-state index is 11.1. The molecule has 1 aliphatic rings.